The number of thioether (sulfide) groups is 1. The van der Waals surface area contributed by atoms with E-state index in [1.807, 2.05) is 13.8 Å². The maximum Gasteiger partial charge on any atom is 0.330 e. The first kappa shape index (κ1) is 18.1. The van der Waals surface area contributed by atoms with Gasteiger partial charge in [-0.15, -0.1) is 11.8 Å². The Morgan fingerprint density at radius 3 is 3.00 bits per heavy atom. The Morgan fingerprint density at radius 1 is 1.48 bits per heavy atom. The standard InChI is InChI=1S/C17H19ClN2O4S/c1-10-3-4-11(18)7-12(10)19-14(21)8-24-16(23)13-9-25-17(2)6-5-15(22)20(13)17/h3-4,7,13H,5-6,8-9H2,1-2H3,(H,19,21)/t13-,17+/m1/s1. The topological polar surface area (TPSA) is 75.7 Å². The number of hydrogen-bond acceptors (Lipinski definition) is 5. The summed E-state index contributed by atoms with van der Waals surface area (Å²) in [4.78, 5) is 37.7. The summed E-state index contributed by atoms with van der Waals surface area (Å²) >= 11 is 7.50. The maximum absolute atomic E-state index is 12.3. The molecule has 0 spiro atoms. The first-order valence-corrected chi connectivity index (χ1v) is 9.35. The number of aryl methyl sites for hydroxylation is 1. The fraction of sp³-hybridized carbons (Fsp3) is 0.471. The highest BCUT2D eigenvalue weighted by Gasteiger charge is 2.53. The van der Waals surface area contributed by atoms with Gasteiger partial charge in [-0.05, 0) is 38.0 Å². The number of anilines is 1. The van der Waals surface area contributed by atoms with Crippen molar-refractivity contribution in [3.05, 3.63) is 28.8 Å². The molecule has 2 amide bonds. The van der Waals surface area contributed by atoms with Gasteiger partial charge in [0.25, 0.3) is 5.91 Å². The zero-order valence-electron chi connectivity index (χ0n) is 14.0. The van der Waals surface area contributed by atoms with Gasteiger partial charge in [-0.2, -0.15) is 0 Å². The van der Waals surface area contributed by atoms with Crippen LogP contribution >= 0.6 is 23.4 Å². The molecule has 2 aliphatic rings. The average Bonchev–Trinajstić information content (AvgIpc) is 3.05. The van der Waals surface area contributed by atoms with E-state index in [4.69, 9.17) is 16.3 Å². The van der Waals surface area contributed by atoms with Crippen molar-refractivity contribution in [2.45, 2.75) is 37.6 Å². The van der Waals surface area contributed by atoms with Gasteiger partial charge in [0, 0.05) is 22.9 Å². The predicted molar refractivity (Wildman–Crippen MR) is 96.5 cm³/mol. The number of nitrogens with zero attached hydrogens (tertiary/aromatic N) is 1. The molecule has 1 aromatic carbocycles. The Morgan fingerprint density at radius 2 is 2.24 bits per heavy atom. The van der Waals surface area contributed by atoms with Crippen LogP contribution in [0.4, 0.5) is 5.69 Å². The molecular formula is C17H19ClN2O4S. The summed E-state index contributed by atoms with van der Waals surface area (Å²) in [6.07, 6.45) is 1.18. The molecule has 1 aromatic rings. The number of benzene rings is 1. The van der Waals surface area contributed by atoms with Crippen LogP contribution in [0.25, 0.3) is 0 Å². The molecule has 1 N–H and O–H groups in total. The third-order valence-electron chi connectivity index (χ3n) is 4.54. The van der Waals surface area contributed by atoms with Crippen LogP contribution in [0.1, 0.15) is 25.3 Å². The van der Waals surface area contributed by atoms with Crippen molar-refractivity contribution in [1.29, 1.82) is 0 Å². The fourth-order valence-electron chi connectivity index (χ4n) is 3.14. The number of amides is 2. The van der Waals surface area contributed by atoms with Gasteiger partial charge in [-0.3, -0.25) is 9.59 Å². The van der Waals surface area contributed by atoms with Crippen LogP contribution in [0, 0.1) is 6.92 Å². The summed E-state index contributed by atoms with van der Waals surface area (Å²) in [6.45, 7) is 3.41. The van der Waals surface area contributed by atoms with Crippen LogP contribution in [0.5, 0.6) is 0 Å². The summed E-state index contributed by atoms with van der Waals surface area (Å²) in [5.41, 5.74) is 1.43. The largest absolute Gasteiger partial charge is 0.454 e. The maximum atomic E-state index is 12.3. The highest BCUT2D eigenvalue weighted by atomic mass is 35.5. The molecule has 25 heavy (non-hydrogen) atoms. The molecule has 2 atom stereocenters. The Hall–Kier alpha value is -1.73. The zero-order valence-corrected chi connectivity index (χ0v) is 15.6. The van der Waals surface area contributed by atoms with Gasteiger partial charge in [-0.25, -0.2) is 4.79 Å². The highest BCUT2D eigenvalue weighted by molar-refractivity contribution is 8.01. The zero-order chi connectivity index (χ0) is 18.2. The monoisotopic (exact) mass is 382 g/mol. The number of nitrogens with one attached hydrogen (secondary N) is 1. The first-order chi connectivity index (χ1) is 11.8. The Bertz CT molecular complexity index is 741. The lowest BCUT2D eigenvalue weighted by molar-refractivity contribution is -0.155. The molecule has 0 saturated carbocycles. The summed E-state index contributed by atoms with van der Waals surface area (Å²) in [5, 5.41) is 3.18. The number of carbonyl (C=O) groups is 3. The van der Waals surface area contributed by atoms with Crippen LogP contribution in [-0.4, -0.2) is 46.0 Å². The van der Waals surface area contributed by atoms with E-state index in [9.17, 15) is 14.4 Å². The van der Waals surface area contributed by atoms with Crippen molar-refractivity contribution in [2.75, 3.05) is 17.7 Å². The summed E-state index contributed by atoms with van der Waals surface area (Å²) in [7, 11) is 0. The number of ether oxygens (including phenoxy) is 1. The number of halogens is 1. The van der Waals surface area contributed by atoms with Gasteiger partial charge in [0.2, 0.25) is 5.91 Å². The van der Waals surface area contributed by atoms with E-state index in [0.29, 0.717) is 22.9 Å². The molecular weight excluding hydrogens is 364 g/mol. The second-order valence-corrected chi connectivity index (χ2v) is 8.32. The Balaban J connectivity index is 1.56. The SMILES string of the molecule is Cc1ccc(Cl)cc1NC(=O)COC(=O)[C@H]1CS[C@@]2(C)CCC(=O)N12. The molecule has 2 heterocycles. The van der Waals surface area contributed by atoms with Gasteiger partial charge >= 0.3 is 5.97 Å². The van der Waals surface area contributed by atoms with Crippen LogP contribution < -0.4 is 5.32 Å². The van der Waals surface area contributed by atoms with Crippen molar-refractivity contribution in [1.82, 2.24) is 4.90 Å². The van der Waals surface area contributed by atoms with Crippen molar-refractivity contribution >= 4 is 46.8 Å². The Kier molecular flexibility index (Phi) is 4.97. The number of fused-ring (bicyclic) bond motifs is 1. The lowest BCUT2D eigenvalue weighted by Gasteiger charge is -2.29. The second-order valence-electron chi connectivity index (χ2n) is 6.38. The minimum atomic E-state index is -0.620. The van der Waals surface area contributed by atoms with Crippen LogP contribution in [0.3, 0.4) is 0 Å². The summed E-state index contributed by atoms with van der Waals surface area (Å²) < 4.78 is 5.14. The minimum absolute atomic E-state index is 0.0338. The minimum Gasteiger partial charge on any atom is -0.454 e. The molecule has 0 unspecified atom stereocenters. The third kappa shape index (κ3) is 3.62. The fourth-order valence-corrected chi connectivity index (χ4v) is 4.73. The third-order valence-corrected chi connectivity index (χ3v) is 6.28. The molecule has 2 saturated heterocycles. The van der Waals surface area contributed by atoms with Crippen molar-refractivity contribution in [2.24, 2.45) is 0 Å². The van der Waals surface area contributed by atoms with Gasteiger partial charge < -0.3 is 15.0 Å². The molecule has 2 fully saturated rings. The molecule has 8 heteroatoms. The van der Waals surface area contributed by atoms with E-state index in [-0.39, 0.29) is 10.8 Å². The van der Waals surface area contributed by atoms with E-state index < -0.39 is 24.5 Å². The van der Waals surface area contributed by atoms with E-state index in [0.717, 1.165) is 12.0 Å². The summed E-state index contributed by atoms with van der Waals surface area (Å²) in [5.74, 6) is -0.520. The van der Waals surface area contributed by atoms with E-state index in [1.54, 1.807) is 34.9 Å². The second kappa shape index (κ2) is 6.88. The van der Waals surface area contributed by atoms with Gasteiger partial charge in [-0.1, -0.05) is 17.7 Å². The van der Waals surface area contributed by atoms with E-state index in [2.05, 4.69) is 5.32 Å². The number of esters is 1. The molecule has 134 valence electrons. The molecule has 0 aliphatic carbocycles. The van der Waals surface area contributed by atoms with Crippen molar-refractivity contribution in [3.8, 4) is 0 Å². The molecule has 0 radical (unpaired) electrons. The Labute approximate surface area is 155 Å². The van der Waals surface area contributed by atoms with Crippen LogP contribution in [0.15, 0.2) is 18.2 Å². The molecule has 0 bridgehead atoms. The lowest BCUT2D eigenvalue weighted by Crippen LogP contribution is -2.47. The number of rotatable bonds is 4. The lowest BCUT2D eigenvalue weighted by atomic mass is 10.2. The van der Waals surface area contributed by atoms with E-state index in [1.165, 1.54) is 0 Å². The number of carbonyl (C=O) groups excluding carboxylic acids is 3. The van der Waals surface area contributed by atoms with Gasteiger partial charge in [0.15, 0.2) is 6.61 Å². The van der Waals surface area contributed by atoms with Gasteiger partial charge in [0.1, 0.15) is 6.04 Å². The first-order valence-electron chi connectivity index (χ1n) is 7.99. The number of hydrogen-bond donors (Lipinski definition) is 1. The molecule has 3 rings (SSSR count). The summed E-state index contributed by atoms with van der Waals surface area (Å²) in [6, 6.07) is 4.54. The van der Waals surface area contributed by atoms with Crippen LogP contribution in [0.2, 0.25) is 5.02 Å². The van der Waals surface area contributed by atoms with Gasteiger partial charge in [0.05, 0.1) is 4.87 Å². The average molecular weight is 383 g/mol. The van der Waals surface area contributed by atoms with Crippen LogP contribution in [-0.2, 0) is 19.1 Å². The van der Waals surface area contributed by atoms with E-state index >= 15 is 0 Å². The highest BCUT2D eigenvalue weighted by Crippen LogP contribution is 2.47. The van der Waals surface area contributed by atoms with Crippen molar-refractivity contribution < 1.29 is 19.1 Å². The predicted octanol–water partition coefficient (Wildman–Crippen LogP) is 2.58. The molecule has 2 aliphatic heterocycles. The molecule has 6 nitrogen and oxygen atoms in total. The molecule has 0 aromatic heterocycles. The normalized spacial score (nSPS) is 25.0. The smallest absolute Gasteiger partial charge is 0.330 e. The van der Waals surface area contributed by atoms with Crippen molar-refractivity contribution in [3.63, 3.8) is 0 Å². The quantitative estimate of drug-likeness (QED) is 0.810.